The highest BCUT2D eigenvalue weighted by molar-refractivity contribution is 5.86. The number of esters is 1. The van der Waals surface area contributed by atoms with E-state index in [-0.39, 0.29) is 5.97 Å². The molecule has 0 aromatic carbocycles. The van der Waals surface area contributed by atoms with Crippen LogP contribution < -0.4 is 0 Å². The van der Waals surface area contributed by atoms with Crippen LogP contribution in [0.1, 0.15) is 35.8 Å². The lowest BCUT2D eigenvalue weighted by Crippen LogP contribution is -2.15. The summed E-state index contributed by atoms with van der Waals surface area (Å²) in [6.07, 6.45) is 7.12. The number of aromatic nitrogens is 2. The fourth-order valence-electron chi connectivity index (χ4n) is 1.43. The van der Waals surface area contributed by atoms with Crippen molar-refractivity contribution in [3.8, 4) is 0 Å². The van der Waals surface area contributed by atoms with Gasteiger partial charge in [0.25, 0.3) is 0 Å². The van der Waals surface area contributed by atoms with Crippen molar-refractivity contribution in [1.29, 1.82) is 0 Å². The molecule has 0 amide bonds. The first-order valence-electron chi connectivity index (χ1n) is 4.43. The van der Waals surface area contributed by atoms with Crippen molar-refractivity contribution in [2.75, 3.05) is 7.11 Å². The second-order valence-corrected chi connectivity index (χ2v) is 3.28. The minimum absolute atomic E-state index is 0.363. The summed E-state index contributed by atoms with van der Waals surface area (Å²) < 4.78 is 6.56. The van der Waals surface area contributed by atoms with E-state index in [1.54, 1.807) is 12.5 Å². The molecule has 0 aliphatic heterocycles. The molecule has 0 bridgehead atoms. The predicted molar refractivity (Wildman–Crippen MR) is 46.5 cm³/mol. The minimum Gasteiger partial charge on any atom is -0.464 e. The van der Waals surface area contributed by atoms with Crippen LogP contribution in [0.3, 0.4) is 0 Å². The summed E-state index contributed by atoms with van der Waals surface area (Å²) in [6, 6.07) is 0.547. The third kappa shape index (κ3) is 1.43. The molecular weight excluding hydrogens is 168 g/mol. The molecule has 1 fully saturated rings. The van der Waals surface area contributed by atoms with Gasteiger partial charge < -0.3 is 9.30 Å². The SMILES string of the molecule is COC(=O)c1cn(C2CCC2)cn1. The molecule has 0 radical (unpaired) electrons. The second kappa shape index (κ2) is 3.20. The molecule has 4 heteroatoms. The maximum Gasteiger partial charge on any atom is 0.358 e. The Morgan fingerprint density at radius 2 is 2.46 bits per heavy atom. The number of hydrogen-bond acceptors (Lipinski definition) is 3. The highest BCUT2D eigenvalue weighted by Crippen LogP contribution is 2.31. The monoisotopic (exact) mass is 180 g/mol. The molecule has 1 heterocycles. The summed E-state index contributed by atoms with van der Waals surface area (Å²) in [5.74, 6) is -0.363. The number of hydrogen-bond donors (Lipinski definition) is 0. The van der Waals surface area contributed by atoms with Crippen LogP contribution in [-0.2, 0) is 4.74 Å². The van der Waals surface area contributed by atoms with Crippen molar-refractivity contribution in [3.05, 3.63) is 18.2 Å². The molecule has 1 aliphatic rings. The number of rotatable bonds is 2. The van der Waals surface area contributed by atoms with Crippen LogP contribution in [0.25, 0.3) is 0 Å². The van der Waals surface area contributed by atoms with Gasteiger partial charge in [0.2, 0.25) is 0 Å². The molecule has 0 saturated heterocycles. The Morgan fingerprint density at radius 1 is 1.69 bits per heavy atom. The summed E-state index contributed by atoms with van der Waals surface area (Å²) in [5.41, 5.74) is 0.398. The minimum atomic E-state index is -0.363. The van der Waals surface area contributed by atoms with Crippen LogP contribution in [0.15, 0.2) is 12.5 Å². The molecule has 0 N–H and O–H groups in total. The Bertz CT molecular complexity index is 315. The Kier molecular flexibility index (Phi) is 2.04. The lowest BCUT2D eigenvalue weighted by Gasteiger charge is -2.26. The zero-order valence-corrected chi connectivity index (χ0v) is 7.56. The smallest absolute Gasteiger partial charge is 0.358 e. The van der Waals surface area contributed by atoms with E-state index in [1.807, 2.05) is 4.57 Å². The van der Waals surface area contributed by atoms with Crippen LogP contribution >= 0.6 is 0 Å². The molecule has 4 nitrogen and oxygen atoms in total. The van der Waals surface area contributed by atoms with Crippen molar-refractivity contribution in [1.82, 2.24) is 9.55 Å². The van der Waals surface area contributed by atoms with Gasteiger partial charge in [-0.25, -0.2) is 9.78 Å². The van der Waals surface area contributed by atoms with Gasteiger partial charge >= 0.3 is 5.97 Å². The maximum atomic E-state index is 11.1. The molecule has 1 aliphatic carbocycles. The maximum absolute atomic E-state index is 11.1. The zero-order chi connectivity index (χ0) is 9.26. The molecular formula is C9H12N2O2. The molecule has 0 unspecified atom stereocenters. The van der Waals surface area contributed by atoms with Crippen molar-refractivity contribution in [3.63, 3.8) is 0 Å². The fraction of sp³-hybridized carbons (Fsp3) is 0.556. The molecule has 1 saturated carbocycles. The van der Waals surface area contributed by atoms with Gasteiger partial charge in [0, 0.05) is 12.2 Å². The van der Waals surface area contributed by atoms with Crippen molar-refractivity contribution in [2.45, 2.75) is 25.3 Å². The number of ether oxygens (including phenoxy) is 1. The lowest BCUT2D eigenvalue weighted by atomic mass is 9.93. The average Bonchev–Trinajstić information content (AvgIpc) is 2.49. The quantitative estimate of drug-likeness (QED) is 0.646. The van der Waals surface area contributed by atoms with Gasteiger partial charge in [-0.2, -0.15) is 0 Å². The summed E-state index contributed by atoms with van der Waals surface area (Å²) in [5, 5.41) is 0. The van der Waals surface area contributed by atoms with E-state index in [0.29, 0.717) is 11.7 Å². The first-order valence-corrected chi connectivity index (χ1v) is 4.43. The van der Waals surface area contributed by atoms with Crippen LogP contribution in [0.2, 0.25) is 0 Å². The van der Waals surface area contributed by atoms with E-state index in [2.05, 4.69) is 9.72 Å². The van der Waals surface area contributed by atoms with Gasteiger partial charge in [-0.05, 0) is 19.3 Å². The van der Waals surface area contributed by atoms with E-state index in [0.717, 1.165) is 0 Å². The Morgan fingerprint density at radius 3 is 3.00 bits per heavy atom. The Hall–Kier alpha value is -1.32. The van der Waals surface area contributed by atoms with E-state index in [9.17, 15) is 4.79 Å². The molecule has 1 aromatic heterocycles. The highest BCUT2D eigenvalue weighted by atomic mass is 16.5. The first kappa shape index (κ1) is 8.29. The number of carbonyl (C=O) groups is 1. The molecule has 0 spiro atoms. The lowest BCUT2D eigenvalue weighted by molar-refractivity contribution is 0.0594. The summed E-state index contributed by atoms with van der Waals surface area (Å²) >= 11 is 0. The van der Waals surface area contributed by atoms with Crippen molar-refractivity contribution < 1.29 is 9.53 Å². The summed E-state index contributed by atoms with van der Waals surface area (Å²) in [7, 11) is 1.37. The normalized spacial score (nSPS) is 16.7. The largest absolute Gasteiger partial charge is 0.464 e. The number of imidazole rings is 1. The van der Waals surface area contributed by atoms with Crippen LogP contribution in [0, 0.1) is 0 Å². The van der Waals surface area contributed by atoms with Crippen LogP contribution in [0.5, 0.6) is 0 Å². The van der Waals surface area contributed by atoms with Gasteiger partial charge in [-0.15, -0.1) is 0 Å². The molecule has 13 heavy (non-hydrogen) atoms. The third-order valence-electron chi connectivity index (χ3n) is 2.49. The van der Waals surface area contributed by atoms with Gasteiger partial charge in [0.1, 0.15) is 0 Å². The average molecular weight is 180 g/mol. The van der Waals surface area contributed by atoms with Gasteiger partial charge in [0.05, 0.1) is 13.4 Å². The number of carbonyl (C=O) groups excluding carboxylic acids is 1. The van der Waals surface area contributed by atoms with E-state index in [1.165, 1.54) is 26.4 Å². The standard InChI is InChI=1S/C9H12N2O2/c1-13-9(12)8-5-11(6-10-8)7-3-2-4-7/h5-7H,2-4H2,1H3. The molecule has 0 atom stereocenters. The highest BCUT2D eigenvalue weighted by Gasteiger charge is 2.20. The molecule has 70 valence electrons. The van der Waals surface area contributed by atoms with E-state index >= 15 is 0 Å². The van der Waals surface area contributed by atoms with Crippen LogP contribution in [-0.4, -0.2) is 22.6 Å². The van der Waals surface area contributed by atoms with E-state index in [4.69, 9.17) is 0 Å². The summed E-state index contributed by atoms with van der Waals surface area (Å²) in [6.45, 7) is 0. The fourth-order valence-corrected chi connectivity index (χ4v) is 1.43. The Labute approximate surface area is 76.5 Å². The van der Waals surface area contributed by atoms with Crippen molar-refractivity contribution >= 4 is 5.97 Å². The molecule has 2 rings (SSSR count). The third-order valence-corrected chi connectivity index (χ3v) is 2.49. The number of nitrogens with zero attached hydrogens (tertiary/aromatic N) is 2. The topological polar surface area (TPSA) is 44.1 Å². The second-order valence-electron chi connectivity index (χ2n) is 3.28. The van der Waals surface area contributed by atoms with Gasteiger partial charge in [0.15, 0.2) is 5.69 Å². The van der Waals surface area contributed by atoms with Crippen molar-refractivity contribution in [2.24, 2.45) is 0 Å². The zero-order valence-electron chi connectivity index (χ0n) is 7.56. The Balaban J connectivity index is 2.12. The van der Waals surface area contributed by atoms with Gasteiger partial charge in [-0.1, -0.05) is 0 Å². The van der Waals surface area contributed by atoms with E-state index < -0.39 is 0 Å². The van der Waals surface area contributed by atoms with Gasteiger partial charge in [-0.3, -0.25) is 0 Å². The molecule has 1 aromatic rings. The number of methoxy groups -OCH3 is 1. The first-order chi connectivity index (χ1) is 6.31. The summed E-state index contributed by atoms with van der Waals surface area (Å²) in [4.78, 5) is 15.0. The predicted octanol–water partition coefficient (Wildman–Crippen LogP) is 1.39. The van der Waals surface area contributed by atoms with Crippen LogP contribution in [0.4, 0.5) is 0 Å².